The van der Waals surface area contributed by atoms with Gasteiger partial charge in [-0.2, -0.15) is 0 Å². The van der Waals surface area contributed by atoms with E-state index in [-0.39, 0.29) is 0 Å². The fourth-order valence-electron chi connectivity index (χ4n) is 0.972. The Balaban J connectivity index is 2.78. The van der Waals surface area contributed by atoms with Crippen LogP contribution in [0.1, 0.15) is 12.0 Å². The number of halogens is 2. The van der Waals surface area contributed by atoms with Crippen LogP contribution in [0.4, 0.5) is 5.69 Å². The van der Waals surface area contributed by atoms with Crippen LogP contribution in [0.25, 0.3) is 10.4 Å². The zero-order chi connectivity index (χ0) is 12.0. The molecule has 0 radical (unpaired) electrons. The standard InChI is InChI=1S/C10H8Cl2N4/c11-8-5-7(6-9(12)10(8)13)3-1-2-4-15-16-14/h5-6H,2,4,13H2. The third kappa shape index (κ3) is 3.56. The van der Waals surface area contributed by atoms with Crippen molar-refractivity contribution in [2.45, 2.75) is 6.42 Å². The second-order valence-corrected chi connectivity index (χ2v) is 3.67. The first-order valence-electron chi connectivity index (χ1n) is 4.39. The van der Waals surface area contributed by atoms with Gasteiger partial charge in [0.2, 0.25) is 0 Å². The lowest BCUT2D eigenvalue weighted by atomic mass is 10.2. The molecule has 0 fully saturated rings. The Labute approximate surface area is 103 Å². The minimum Gasteiger partial charge on any atom is -0.396 e. The Kier molecular flexibility index (Phi) is 4.81. The maximum absolute atomic E-state index is 8.05. The van der Waals surface area contributed by atoms with E-state index in [1.54, 1.807) is 12.1 Å². The Bertz CT molecular complexity index is 472. The molecule has 1 aromatic carbocycles. The Hall–Kier alpha value is -1.53. The first-order chi connectivity index (χ1) is 7.65. The van der Waals surface area contributed by atoms with E-state index >= 15 is 0 Å². The van der Waals surface area contributed by atoms with Gasteiger partial charge < -0.3 is 5.73 Å². The van der Waals surface area contributed by atoms with E-state index in [2.05, 4.69) is 21.9 Å². The van der Waals surface area contributed by atoms with Gasteiger partial charge in [-0.15, -0.1) is 0 Å². The molecule has 1 rings (SSSR count). The molecule has 82 valence electrons. The van der Waals surface area contributed by atoms with Crippen LogP contribution < -0.4 is 5.73 Å². The number of azide groups is 1. The van der Waals surface area contributed by atoms with Crippen molar-refractivity contribution >= 4 is 28.9 Å². The Morgan fingerprint density at radius 1 is 1.38 bits per heavy atom. The van der Waals surface area contributed by atoms with Crippen molar-refractivity contribution in [1.29, 1.82) is 0 Å². The smallest absolute Gasteiger partial charge is 0.0693 e. The molecule has 0 bridgehead atoms. The van der Waals surface area contributed by atoms with Crippen LogP contribution in [-0.2, 0) is 0 Å². The molecule has 0 saturated heterocycles. The minimum atomic E-state index is 0.347. The molecule has 0 saturated carbocycles. The van der Waals surface area contributed by atoms with Crippen LogP contribution in [0.3, 0.4) is 0 Å². The number of hydrogen-bond donors (Lipinski definition) is 1. The van der Waals surface area contributed by atoms with Gasteiger partial charge in [-0.25, -0.2) is 0 Å². The Morgan fingerprint density at radius 3 is 2.56 bits per heavy atom. The van der Waals surface area contributed by atoms with Gasteiger partial charge in [-0.1, -0.05) is 40.2 Å². The van der Waals surface area contributed by atoms with Crippen molar-refractivity contribution in [3.8, 4) is 11.8 Å². The van der Waals surface area contributed by atoms with Crippen molar-refractivity contribution in [3.63, 3.8) is 0 Å². The summed E-state index contributed by atoms with van der Waals surface area (Å²) in [5.74, 6) is 5.69. The van der Waals surface area contributed by atoms with Crippen molar-refractivity contribution < 1.29 is 0 Å². The fraction of sp³-hybridized carbons (Fsp3) is 0.200. The summed E-state index contributed by atoms with van der Waals surface area (Å²) in [6.07, 6.45) is 0.490. The maximum Gasteiger partial charge on any atom is 0.0693 e. The van der Waals surface area contributed by atoms with E-state index < -0.39 is 0 Å². The van der Waals surface area contributed by atoms with Gasteiger partial charge >= 0.3 is 0 Å². The number of nitrogen functional groups attached to an aromatic ring is 1. The van der Waals surface area contributed by atoms with Crippen LogP contribution >= 0.6 is 23.2 Å². The minimum absolute atomic E-state index is 0.347. The SMILES string of the molecule is [N-]=[N+]=NCCC#Cc1cc(Cl)c(N)c(Cl)c1. The zero-order valence-electron chi connectivity index (χ0n) is 8.24. The van der Waals surface area contributed by atoms with Gasteiger partial charge in [-0.3, -0.25) is 0 Å². The van der Waals surface area contributed by atoms with Gasteiger partial charge in [0, 0.05) is 23.4 Å². The van der Waals surface area contributed by atoms with Gasteiger partial charge in [0.25, 0.3) is 0 Å². The number of anilines is 1. The number of benzene rings is 1. The molecule has 4 nitrogen and oxygen atoms in total. The number of nitrogens with zero attached hydrogens (tertiary/aromatic N) is 3. The molecule has 0 unspecified atom stereocenters. The topological polar surface area (TPSA) is 74.8 Å². The quantitative estimate of drug-likeness (QED) is 0.215. The molecule has 16 heavy (non-hydrogen) atoms. The molecule has 2 N–H and O–H groups in total. The highest BCUT2D eigenvalue weighted by Crippen LogP contribution is 2.28. The van der Waals surface area contributed by atoms with Crippen molar-refractivity contribution in [3.05, 3.63) is 38.2 Å². The molecule has 0 spiro atoms. The summed E-state index contributed by atoms with van der Waals surface area (Å²) in [6, 6.07) is 3.28. The average Bonchev–Trinajstić information content (AvgIpc) is 2.25. The maximum atomic E-state index is 8.05. The highest BCUT2D eigenvalue weighted by molar-refractivity contribution is 6.39. The second kappa shape index (κ2) is 6.14. The van der Waals surface area contributed by atoms with Crippen molar-refractivity contribution in [2.75, 3.05) is 12.3 Å². The second-order valence-electron chi connectivity index (χ2n) is 2.86. The number of hydrogen-bond acceptors (Lipinski definition) is 2. The van der Waals surface area contributed by atoms with Crippen molar-refractivity contribution in [2.24, 2.45) is 5.11 Å². The highest BCUT2D eigenvalue weighted by Gasteiger charge is 2.02. The summed E-state index contributed by atoms with van der Waals surface area (Å²) in [5.41, 5.74) is 14.7. The summed E-state index contributed by atoms with van der Waals surface area (Å²) in [5, 5.41) is 4.12. The van der Waals surface area contributed by atoms with Gasteiger partial charge in [0.15, 0.2) is 0 Å². The predicted molar refractivity (Wildman–Crippen MR) is 66.4 cm³/mol. The van der Waals surface area contributed by atoms with E-state index in [9.17, 15) is 0 Å². The Morgan fingerprint density at radius 2 is 2.00 bits per heavy atom. The molecule has 1 aromatic rings. The number of nitrogens with two attached hydrogens (primary N) is 1. The largest absolute Gasteiger partial charge is 0.396 e. The summed E-state index contributed by atoms with van der Waals surface area (Å²) < 4.78 is 0. The lowest BCUT2D eigenvalue weighted by molar-refractivity contribution is 1.01. The van der Waals surface area contributed by atoms with Crippen molar-refractivity contribution in [1.82, 2.24) is 0 Å². The molecule has 0 aromatic heterocycles. The average molecular weight is 255 g/mol. The highest BCUT2D eigenvalue weighted by atomic mass is 35.5. The first-order valence-corrected chi connectivity index (χ1v) is 5.15. The zero-order valence-corrected chi connectivity index (χ0v) is 9.76. The third-order valence-corrected chi connectivity index (χ3v) is 2.34. The molecular formula is C10H8Cl2N4. The summed E-state index contributed by atoms with van der Waals surface area (Å²) in [6.45, 7) is 0.347. The third-order valence-electron chi connectivity index (χ3n) is 1.71. The van der Waals surface area contributed by atoms with Crippen LogP contribution in [-0.4, -0.2) is 6.54 Å². The van der Waals surface area contributed by atoms with E-state index in [1.807, 2.05) is 0 Å². The molecule has 0 aliphatic rings. The number of rotatable bonds is 2. The summed E-state index contributed by atoms with van der Waals surface area (Å²) in [4.78, 5) is 2.62. The molecular weight excluding hydrogens is 247 g/mol. The summed E-state index contributed by atoms with van der Waals surface area (Å²) >= 11 is 11.7. The van der Waals surface area contributed by atoms with Crippen LogP contribution in [0, 0.1) is 11.8 Å². The van der Waals surface area contributed by atoms with Crippen LogP contribution in [0.15, 0.2) is 17.2 Å². The molecule has 0 aliphatic heterocycles. The van der Waals surface area contributed by atoms with Gasteiger partial charge in [0.05, 0.1) is 15.7 Å². The lowest BCUT2D eigenvalue weighted by Gasteiger charge is -2.01. The lowest BCUT2D eigenvalue weighted by Crippen LogP contribution is -1.89. The summed E-state index contributed by atoms with van der Waals surface area (Å²) in [7, 11) is 0. The molecule has 0 aliphatic carbocycles. The predicted octanol–water partition coefficient (Wildman–Crippen LogP) is 3.63. The van der Waals surface area contributed by atoms with Crippen LogP contribution in [0.2, 0.25) is 10.0 Å². The normalized spacial score (nSPS) is 8.88. The monoisotopic (exact) mass is 254 g/mol. The van der Waals surface area contributed by atoms with E-state index in [0.29, 0.717) is 34.3 Å². The van der Waals surface area contributed by atoms with Crippen LogP contribution in [0.5, 0.6) is 0 Å². The van der Waals surface area contributed by atoms with E-state index in [1.165, 1.54) is 0 Å². The van der Waals surface area contributed by atoms with Gasteiger partial charge in [-0.05, 0) is 17.7 Å². The van der Waals surface area contributed by atoms with E-state index in [0.717, 1.165) is 0 Å². The first kappa shape index (κ1) is 12.5. The molecule has 6 heteroatoms. The molecule has 0 amide bonds. The van der Waals surface area contributed by atoms with E-state index in [4.69, 9.17) is 34.5 Å². The van der Waals surface area contributed by atoms with Gasteiger partial charge in [0.1, 0.15) is 0 Å². The fourth-order valence-corrected chi connectivity index (χ4v) is 1.46. The molecule has 0 heterocycles. The molecule has 0 atom stereocenters.